The minimum absolute atomic E-state index is 0.0139. The Morgan fingerprint density at radius 3 is 2.68 bits per heavy atom. The summed E-state index contributed by atoms with van der Waals surface area (Å²) in [6, 6.07) is 2.38. The number of likely N-dealkylation sites (tertiary alicyclic amines) is 1. The fraction of sp³-hybridized carbons (Fsp3) is 0.684. The van der Waals surface area contributed by atoms with Crippen LogP contribution in [-0.2, 0) is 4.79 Å². The first-order valence-corrected chi connectivity index (χ1v) is 9.58. The summed E-state index contributed by atoms with van der Waals surface area (Å²) in [5.41, 5.74) is 0.597. The molecule has 2 amide bonds. The Hall–Kier alpha value is -1.82. The summed E-state index contributed by atoms with van der Waals surface area (Å²) < 4.78 is 4.99. The Kier molecular flexibility index (Phi) is 4.79. The molecule has 2 saturated heterocycles. The van der Waals surface area contributed by atoms with E-state index in [9.17, 15) is 9.59 Å². The van der Waals surface area contributed by atoms with Crippen molar-refractivity contribution in [3.63, 3.8) is 0 Å². The van der Waals surface area contributed by atoms with Crippen molar-refractivity contribution < 1.29 is 14.0 Å². The summed E-state index contributed by atoms with van der Waals surface area (Å²) in [6.45, 7) is 1.36. The average Bonchev–Trinajstić information content (AvgIpc) is 3.31. The van der Waals surface area contributed by atoms with Gasteiger partial charge in [0, 0.05) is 25.2 Å². The number of nitrogens with one attached hydrogen (secondary N) is 2. The van der Waals surface area contributed by atoms with Gasteiger partial charge in [0.2, 0.25) is 5.91 Å². The molecule has 0 radical (unpaired) electrons. The molecule has 3 aliphatic rings. The topological polar surface area (TPSA) is 74.6 Å². The first kappa shape index (κ1) is 16.6. The van der Waals surface area contributed by atoms with Crippen LogP contribution >= 0.6 is 0 Å². The van der Waals surface area contributed by atoms with Gasteiger partial charge in [-0.3, -0.25) is 9.59 Å². The van der Waals surface area contributed by atoms with E-state index in [-0.39, 0.29) is 23.9 Å². The van der Waals surface area contributed by atoms with E-state index >= 15 is 0 Å². The summed E-state index contributed by atoms with van der Waals surface area (Å²) in [7, 11) is 0. The zero-order valence-corrected chi connectivity index (χ0v) is 14.6. The van der Waals surface area contributed by atoms with Crippen molar-refractivity contribution in [1.82, 2.24) is 15.5 Å². The molecular formula is C19H27N3O3. The minimum atomic E-state index is -0.0290. The second-order valence-electron chi connectivity index (χ2n) is 7.69. The number of furan rings is 1. The zero-order valence-electron chi connectivity index (χ0n) is 14.6. The highest BCUT2D eigenvalue weighted by Crippen LogP contribution is 2.33. The lowest BCUT2D eigenvalue weighted by atomic mass is 9.85. The van der Waals surface area contributed by atoms with Crippen LogP contribution in [0.25, 0.3) is 0 Å². The number of fused-ring (bicyclic) bond motifs is 1. The smallest absolute Gasteiger partial charge is 0.257 e. The van der Waals surface area contributed by atoms with Crippen LogP contribution in [0.15, 0.2) is 23.0 Å². The Bertz CT molecular complexity index is 593. The van der Waals surface area contributed by atoms with Crippen LogP contribution in [-0.4, -0.2) is 47.9 Å². The van der Waals surface area contributed by atoms with E-state index in [0.717, 1.165) is 19.3 Å². The number of carbonyl (C=O) groups is 2. The van der Waals surface area contributed by atoms with Gasteiger partial charge in [0.25, 0.3) is 5.91 Å². The Morgan fingerprint density at radius 2 is 1.96 bits per heavy atom. The Labute approximate surface area is 148 Å². The molecule has 136 valence electrons. The summed E-state index contributed by atoms with van der Waals surface area (Å²) in [5.74, 6) is 0.841. The van der Waals surface area contributed by atoms with E-state index in [1.807, 2.05) is 4.90 Å². The molecule has 1 aromatic rings. The van der Waals surface area contributed by atoms with Crippen LogP contribution in [0.4, 0.5) is 0 Å². The maximum absolute atomic E-state index is 12.6. The lowest BCUT2D eigenvalue weighted by Gasteiger charge is -2.32. The molecule has 0 aromatic carbocycles. The molecule has 3 fully saturated rings. The molecule has 6 nitrogen and oxygen atoms in total. The number of piperidine rings is 1. The van der Waals surface area contributed by atoms with Gasteiger partial charge in [0.15, 0.2) is 0 Å². The van der Waals surface area contributed by atoms with E-state index in [4.69, 9.17) is 4.42 Å². The molecule has 2 N–H and O–H groups in total. The van der Waals surface area contributed by atoms with Crippen LogP contribution in [0, 0.1) is 5.92 Å². The monoisotopic (exact) mass is 345 g/mol. The van der Waals surface area contributed by atoms with Crippen molar-refractivity contribution in [3.8, 4) is 0 Å². The molecule has 4 rings (SSSR count). The number of nitrogens with zero attached hydrogens (tertiary/aromatic N) is 1. The van der Waals surface area contributed by atoms with Gasteiger partial charge >= 0.3 is 0 Å². The summed E-state index contributed by atoms with van der Waals surface area (Å²) in [5, 5.41) is 6.75. The highest BCUT2D eigenvalue weighted by atomic mass is 16.3. The van der Waals surface area contributed by atoms with Gasteiger partial charge in [0.1, 0.15) is 6.26 Å². The molecule has 6 heteroatoms. The van der Waals surface area contributed by atoms with Gasteiger partial charge in [-0.05, 0) is 44.1 Å². The van der Waals surface area contributed by atoms with Crippen molar-refractivity contribution >= 4 is 11.8 Å². The van der Waals surface area contributed by atoms with E-state index in [2.05, 4.69) is 10.6 Å². The number of carbonyl (C=O) groups excluding carboxylic acids is 2. The summed E-state index contributed by atoms with van der Waals surface area (Å²) >= 11 is 0. The molecule has 3 heterocycles. The number of hydrogen-bond donors (Lipinski definition) is 2. The van der Waals surface area contributed by atoms with Crippen LogP contribution < -0.4 is 10.6 Å². The van der Waals surface area contributed by atoms with Gasteiger partial charge in [-0.2, -0.15) is 0 Å². The first-order valence-electron chi connectivity index (χ1n) is 9.58. The van der Waals surface area contributed by atoms with Gasteiger partial charge in [-0.1, -0.05) is 12.8 Å². The molecule has 25 heavy (non-hydrogen) atoms. The minimum Gasteiger partial charge on any atom is -0.472 e. The molecule has 1 saturated carbocycles. The second-order valence-corrected chi connectivity index (χ2v) is 7.69. The van der Waals surface area contributed by atoms with Crippen molar-refractivity contribution in [1.29, 1.82) is 0 Å². The molecule has 1 aliphatic carbocycles. The fourth-order valence-corrected chi connectivity index (χ4v) is 4.62. The average molecular weight is 345 g/mol. The number of rotatable bonds is 3. The Balaban J connectivity index is 1.24. The third-order valence-electron chi connectivity index (χ3n) is 6.08. The van der Waals surface area contributed by atoms with E-state index in [1.54, 1.807) is 6.07 Å². The second kappa shape index (κ2) is 7.20. The highest BCUT2D eigenvalue weighted by molar-refractivity contribution is 5.93. The van der Waals surface area contributed by atoms with E-state index in [0.29, 0.717) is 30.6 Å². The van der Waals surface area contributed by atoms with Gasteiger partial charge < -0.3 is 20.0 Å². The highest BCUT2D eigenvalue weighted by Gasteiger charge is 2.38. The number of hydrogen-bond acceptors (Lipinski definition) is 4. The normalized spacial score (nSPS) is 30.1. The molecule has 2 aliphatic heterocycles. The van der Waals surface area contributed by atoms with Crippen LogP contribution in [0.3, 0.4) is 0 Å². The van der Waals surface area contributed by atoms with Crippen molar-refractivity contribution in [2.45, 2.75) is 63.1 Å². The summed E-state index contributed by atoms with van der Waals surface area (Å²) in [6.07, 6.45) is 10.7. The van der Waals surface area contributed by atoms with Gasteiger partial charge in [0.05, 0.1) is 17.9 Å². The molecular weight excluding hydrogens is 318 g/mol. The first-order chi connectivity index (χ1) is 12.2. The van der Waals surface area contributed by atoms with Crippen molar-refractivity contribution in [2.24, 2.45) is 5.92 Å². The van der Waals surface area contributed by atoms with Gasteiger partial charge in [-0.25, -0.2) is 0 Å². The lowest BCUT2D eigenvalue weighted by molar-refractivity contribution is -0.123. The van der Waals surface area contributed by atoms with Crippen molar-refractivity contribution in [2.75, 3.05) is 13.1 Å². The number of amides is 2. The van der Waals surface area contributed by atoms with Gasteiger partial charge in [-0.15, -0.1) is 0 Å². The van der Waals surface area contributed by atoms with E-state index in [1.165, 1.54) is 38.2 Å². The third-order valence-corrected chi connectivity index (χ3v) is 6.08. The van der Waals surface area contributed by atoms with Crippen LogP contribution in [0.5, 0.6) is 0 Å². The summed E-state index contributed by atoms with van der Waals surface area (Å²) in [4.78, 5) is 26.7. The maximum Gasteiger partial charge on any atom is 0.257 e. The van der Waals surface area contributed by atoms with Crippen molar-refractivity contribution in [3.05, 3.63) is 24.2 Å². The van der Waals surface area contributed by atoms with Crippen LogP contribution in [0.1, 0.15) is 55.3 Å². The lowest BCUT2D eigenvalue weighted by Crippen LogP contribution is -2.51. The third kappa shape index (κ3) is 3.59. The Morgan fingerprint density at radius 1 is 1.16 bits per heavy atom. The maximum atomic E-state index is 12.6. The van der Waals surface area contributed by atoms with Crippen LogP contribution in [0.2, 0.25) is 0 Å². The molecule has 0 bridgehead atoms. The van der Waals surface area contributed by atoms with E-state index < -0.39 is 0 Å². The molecule has 0 spiro atoms. The largest absolute Gasteiger partial charge is 0.472 e. The predicted molar refractivity (Wildman–Crippen MR) is 93.1 cm³/mol. The quantitative estimate of drug-likeness (QED) is 0.878. The fourth-order valence-electron chi connectivity index (χ4n) is 4.62. The molecule has 3 atom stereocenters. The molecule has 1 aromatic heterocycles. The standard InChI is InChI=1S/C19H27N3O3/c23-18(17-11-13-3-1-2-4-16(13)21-17)20-15-5-8-22(9-6-15)19(24)14-7-10-25-12-14/h7,10,12-13,15-17,21H,1-6,8-9,11H2,(H,20,23). The molecule has 3 unspecified atom stereocenters. The zero-order chi connectivity index (χ0) is 17.2. The SMILES string of the molecule is O=C(NC1CCN(C(=O)c2ccoc2)CC1)C1CC2CCCCC2N1. The predicted octanol–water partition coefficient (Wildman–Crippen LogP) is 1.92.